The summed E-state index contributed by atoms with van der Waals surface area (Å²) in [6, 6.07) is 0. The molecule has 1 nitrogen and oxygen atoms in total. The molecule has 0 bridgehead atoms. The van der Waals surface area contributed by atoms with E-state index < -0.39 is 0 Å². The van der Waals surface area contributed by atoms with Crippen molar-refractivity contribution in [2.24, 2.45) is 5.92 Å². The van der Waals surface area contributed by atoms with Crippen molar-refractivity contribution in [2.45, 2.75) is 26.7 Å². The van der Waals surface area contributed by atoms with E-state index in [2.05, 4.69) is 26.0 Å². The first-order chi connectivity index (χ1) is 5.25. The maximum absolute atomic E-state index is 5.29. The van der Waals surface area contributed by atoms with Gasteiger partial charge in [0.1, 0.15) is 0 Å². The Kier molecular flexibility index (Phi) is 2.75. The first-order valence-corrected chi connectivity index (χ1v) is 4.16. The van der Waals surface area contributed by atoms with Crippen LogP contribution in [0.4, 0.5) is 0 Å². The molecule has 1 rings (SSSR count). The highest BCUT2D eigenvalue weighted by molar-refractivity contribution is 5.21. The standard InChI is InChI=1S/C10H16O/c1-8(2)9-6-4-5-7-10(9)11-3/h4-5,8H,6-7H2,1-3H3. The second-order valence-electron chi connectivity index (χ2n) is 3.19. The first kappa shape index (κ1) is 8.38. The van der Waals surface area contributed by atoms with Crippen molar-refractivity contribution in [3.63, 3.8) is 0 Å². The van der Waals surface area contributed by atoms with Gasteiger partial charge >= 0.3 is 0 Å². The fraction of sp³-hybridized carbons (Fsp3) is 0.600. The van der Waals surface area contributed by atoms with E-state index in [1.54, 1.807) is 7.11 Å². The topological polar surface area (TPSA) is 9.23 Å². The molecule has 0 saturated heterocycles. The molecule has 0 aliphatic heterocycles. The van der Waals surface area contributed by atoms with Gasteiger partial charge in [-0.1, -0.05) is 26.0 Å². The van der Waals surface area contributed by atoms with Gasteiger partial charge in [0.15, 0.2) is 0 Å². The lowest BCUT2D eigenvalue weighted by molar-refractivity contribution is 0.273. The largest absolute Gasteiger partial charge is 0.501 e. The lowest BCUT2D eigenvalue weighted by Crippen LogP contribution is -2.03. The van der Waals surface area contributed by atoms with Crippen LogP contribution in [0.1, 0.15) is 26.7 Å². The molecule has 0 unspecified atom stereocenters. The summed E-state index contributed by atoms with van der Waals surface area (Å²) < 4.78 is 5.29. The van der Waals surface area contributed by atoms with Crippen LogP contribution >= 0.6 is 0 Å². The zero-order valence-corrected chi connectivity index (χ0v) is 7.55. The Morgan fingerprint density at radius 3 is 2.36 bits per heavy atom. The molecule has 62 valence electrons. The summed E-state index contributed by atoms with van der Waals surface area (Å²) in [4.78, 5) is 0. The highest BCUT2D eigenvalue weighted by atomic mass is 16.5. The van der Waals surface area contributed by atoms with Crippen molar-refractivity contribution >= 4 is 0 Å². The van der Waals surface area contributed by atoms with Gasteiger partial charge in [0, 0.05) is 6.42 Å². The highest BCUT2D eigenvalue weighted by Crippen LogP contribution is 2.25. The lowest BCUT2D eigenvalue weighted by Gasteiger charge is -2.18. The Labute approximate surface area is 68.8 Å². The number of rotatable bonds is 2. The third-order valence-electron chi connectivity index (χ3n) is 2.11. The summed E-state index contributed by atoms with van der Waals surface area (Å²) in [6.45, 7) is 4.43. The SMILES string of the molecule is COC1=C(C(C)C)CC=CC1. The molecule has 0 atom stereocenters. The van der Waals surface area contributed by atoms with Crippen molar-refractivity contribution < 1.29 is 4.74 Å². The van der Waals surface area contributed by atoms with E-state index in [0.717, 1.165) is 12.8 Å². The molecular formula is C10H16O. The molecule has 1 aliphatic rings. The predicted octanol–water partition coefficient (Wildman–Crippen LogP) is 2.89. The summed E-state index contributed by atoms with van der Waals surface area (Å²) >= 11 is 0. The van der Waals surface area contributed by atoms with E-state index >= 15 is 0 Å². The van der Waals surface area contributed by atoms with Crippen molar-refractivity contribution in [2.75, 3.05) is 7.11 Å². The van der Waals surface area contributed by atoms with Crippen molar-refractivity contribution in [3.8, 4) is 0 Å². The molecule has 0 amide bonds. The molecule has 0 radical (unpaired) electrons. The highest BCUT2D eigenvalue weighted by Gasteiger charge is 2.11. The fourth-order valence-electron chi connectivity index (χ4n) is 1.42. The number of hydrogen-bond donors (Lipinski definition) is 0. The van der Waals surface area contributed by atoms with Gasteiger partial charge in [-0.3, -0.25) is 0 Å². The Hall–Kier alpha value is -0.720. The van der Waals surface area contributed by atoms with Crippen LogP contribution in [0.2, 0.25) is 0 Å². The van der Waals surface area contributed by atoms with Crippen LogP contribution in [0.3, 0.4) is 0 Å². The number of methoxy groups -OCH3 is 1. The Morgan fingerprint density at radius 1 is 1.27 bits per heavy atom. The molecule has 0 aromatic rings. The average Bonchev–Trinajstić information content (AvgIpc) is 2.04. The number of allylic oxidation sites excluding steroid dienone is 3. The molecular weight excluding hydrogens is 136 g/mol. The number of ether oxygens (including phenoxy) is 1. The first-order valence-electron chi connectivity index (χ1n) is 4.16. The minimum Gasteiger partial charge on any atom is -0.501 e. The quantitative estimate of drug-likeness (QED) is 0.553. The van der Waals surface area contributed by atoms with Gasteiger partial charge in [-0.25, -0.2) is 0 Å². The molecule has 0 saturated carbocycles. The Bertz CT molecular complexity index is 187. The molecule has 0 aromatic heterocycles. The minimum atomic E-state index is 0.620. The van der Waals surface area contributed by atoms with Crippen LogP contribution in [0.15, 0.2) is 23.5 Å². The van der Waals surface area contributed by atoms with Crippen LogP contribution in [-0.4, -0.2) is 7.11 Å². The van der Waals surface area contributed by atoms with E-state index in [0.29, 0.717) is 5.92 Å². The van der Waals surface area contributed by atoms with Gasteiger partial charge in [0.2, 0.25) is 0 Å². The fourth-order valence-corrected chi connectivity index (χ4v) is 1.42. The summed E-state index contributed by atoms with van der Waals surface area (Å²) in [6.07, 6.45) is 6.44. The van der Waals surface area contributed by atoms with E-state index in [-0.39, 0.29) is 0 Å². The monoisotopic (exact) mass is 152 g/mol. The van der Waals surface area contributed by atoms with Crippen molar-refractivity contribution in [1.82, 2.24) is 0 Å². The van der Waals surface area contributed by atoms with Crippen molar-refractivity contribution in [3.05, 3.63) is 23.5 Å². The van der Waals surface area contributed by atoms with Crippen LogP contribution in [0.25, 0.3) is 0 Å². The van der Waals surface area contributed by atoms with Crippen LogP contribution in [0, 0.1) is 5.92 Å². The van der Waals surface area contributed by atoms with Crippen LogP contribution < -0.4 is 0 Å². The smallest absolute Gasteiger partial charge is 0.0990 e. The van der Waals surface area contributed by atoms with Gasteiger partial charge in [-0.2, -0.15) is 0 Å². The van der Waals surface area contributed by atoms with Gasteiger partial charge in [-0.15, -0.1) is 0 Å². The normalized spacial score (nSPS) is 17.8. The summed E-state index contributed by atoms with van der Waals surface area (Å²) in [5.74, 6) is 1.79. The van der Waals surface area contributed by atoms with Crippen molar-refractivity contribution in [1.29, 1.82) is 0 Å². The summed E-state index contributed by atoms with van der Waals surface area (Å²) in [5.41, 5.74) is 1.45. The van der Waals surface area contributed by atoms with E-state index in [9.17, 15) is 0 Å². The molecule has 1 aliphatic carbocycles. The third kappa shape index (κ3) is 1.86. The van der Waals surface area contributed by atoms with Gasteiger partial charge in [0.05, 0.1) is 12.9 Å². The maximum atomic E-state index is 5.29. The Morgan fingerprint density at radius 2 is 1.91 bits per heavy atom. The molecule has 0 spiro atoms. The average molecular weight is 152 g/mol. The zero-order chi connectivity index (χ0) is 8.27. The predicted molar refractivity (Wildman–Crippen MR) is 47.2 cm³/mol. The molecule has 0 fully saturated rings. The minimum absolute atomic E-state index is 0.620. The molecule has 0 N–H and O–H groups in total. The lowest BCUT2D eigenvalue weighted by atomic mass is 9.94. The second-order valence-corrected chi connectivity index (χ2v) is 3.19. The second kappa shape index (κ2) is 3.61. The van der Waals surface area contributed by atoms with E-state index in [1.165, 1.54) is 11.3 Å². The molecule has 0 heterocycles. The molecule has 11 heavy (non-hydrogen) atoms. The summed E-state index contributed by atoms with van der Waals surface area (Å²) in [5, 5.41) is 0. The third-order valence-corrected chi connectivity index (χ3v) is 2.11. The number of hydrogen-bond acceptors (Lipinski definition) is 1. The van der Waals surface area contributed by atoms with E-state index in [4.69, 9.17) is 4.74 Å². The van der Waals surface area contributed by atoms with Gasteiger partial charge in [0.25, 0.3) is 0 Å². The van der Waals surface area contributed by atoms with Crippen LogP contribution in [-0.2, 0) is 4.74 Å². The molecule has 1 heteroatoms. The van der Waals surface area contributed by atoms with Gasteiger partial charge < -0.3 is 4.74 Å². The summed E-state index contributed by atoms with van der Waals surface area (Å²) in [7, 11) is 1.76. The van der Waals surface area contributed by atoms with Crippen LogP contribution in [0.5, 0.6) is 0 Å². The van der Waals surface area contributed by atoms with E-state index in [1.807, 2.05) is 0 Å². The zero-order valence-electron chi connectivity index (χ0n) is 7.55. The van der Waals surface area contributed by atoms with Gasteiger partial charge in [-0.05, 0) is 17.9 Å². The maximum Gasteiger partial charge on any atom is 0.0990 e. The molecule has 0 aromatic carbocycles. The Balaban J connectivity index is 2.76.